The summed E-state index contributed by atoms with van der Waals surface area (Å²) in [6, 6.07) is 0. The van der Waals surface area contributed by atoms with E-state index in [9.17, 15) is 14.7 Å². The molecule has 0 aromatic carbocycles. The summed E-state index contributed by atoms with van der Waals surface area (Å²) in [5.74, 6) is -3.81. The Kier molecular flexibility index (Phi) is 4.40. The maximum atomic E-state index is 10.4. The van der Waals surface area contributed by atoms with E-state index in [2.05, 4.69) is 0 Å². The van der Waals surface area contributed by atoms with Gasteiger partial charge in [-0.15, -0.1) is 0 Å². The highest BCUT2D eigenvalue weighted by atomic mass is 16.4. The van der Waals surface area contributed by atoms with Crippen LogP contribution in [0, 0.1) is 11.8 Å². The van der Waals surface area contributed by atoms with Crippen molar-refractivity contribution in [3.05, 3.63) is 0 Å². The van der Waals surface area contributed by atoms with E-state index in [1.54, 1.807) is 0 Å². The molecule has 0 aliphatic heterocycles. The molecule has 3 atom stereocenters. The molecule has 5 nitrogen and oxygen atoms in total. The summed E-state index contributed by atoms with van der Waals surface area (Å²) in [4.78, 5) is 20.8. The molecule has 0 amide bonds. The second kappa shape index (κ2) is 4.81. The zero-order valence-electron chi connectivity index (χ0n) is 7.60. The Hall–Kier alpha value is -1.10. The first-order valence-electron chi connectivity index (χ1n) is 4.00. The van der Waals surface area contributed by atoms with Crippen LogP contribution in [-0.4, -0.2) is 33.4 Å². The summed E-state index contributed by atoms with van der Waals surface area (Å²) in [5, 5.41) is 26.3. The largest absolute Gasteiger partial charge is 0.481 e. The third-order valence-corrected chi connectivity index (χ3v) is 1.98. The van der Waals surface area contributed by atoms with Crippen molar-refractivity contribution in [3.8, 4) is 0 Å². The van der Waals surface area contributed by atoms with E-state index in [4.69, 9.17) is 10.2 Å². The van der Waals surface area contributed by atoms with Crippen LogP contribution >= 0.6 is 0 Å². The summed E-state index contributed by atoms with van der Waals surface area (Å²) >= 11 is 0. The van der Waals surface area contributed by atoms with Crippen molar-refractivity contribution < 1.29 is 24.9 Å². The maximum Gasteiger partial charge on any atom is 0.308 e. The van der Waals surface area contributed by atoms with Gasteiger partial charge in [0.15, 0.2) is 0 Å². The van der Waals surface area contributed by atoms with Gasteiger partial charge in [-0.05, 0) is 13.3 Å². The molecular weight excluding hydrogens is 176 g/mol. The highest BCUT2D eigenvalue weighted by Crippen LogP contribution is 2.13. The first kappa shape index (κ1) is 11.9. The first-order valence-corrected chi connectivity index (χ1v) is 4.00. The summed E-state index contributed by atoms with van der Waals surface area (Å²) in [6.45, 7) is 2.78. The SMILES string of the molecule is CC(CC(O)C(C)C(=O)O)C(=O)O. The Morgan fingerprint density at radius 2 is 1.62 bits per heavy atom. The van der Waals surface area contributed by atoms with Gasteiger partial charge in [0, 0.05) is 0 Å². The number of carboxylic acids is 2. The standard InChI is InChI=1S/C8H14O5/c1-4(7(10)11)3-6(9)5(2)8(12)13/h4-6,9H,3H2,1-2H3,(H,10,11)(H,12,13). The molecule has 0 bridgehead atoms. The van der Waals surface area contributed by atoms with Crippen molar-refractivity contribution in [2.24, 2.45) is 11.8 Å². The van der Waals surface area contributed by atoms with Crippen LogP contribution in [0.5, 0.6) is 0 Å². The molecule has 0 aliphatic rings. The number of rotatable bonds is 5. The summed E-state index contributed by atoms with van der Waals surface area (Å²) in [6.07, 6.45) is -1.15. The van der Waals surface area contributed by atoms with Gasteiger partial charge in [0.1, 0.15) is 0 Å². The Morgan fingerprint density at radius 3 is 1.92 bits per heavy atom. The van der Waals surface area contributed by atoms with Crippen LogP contribution in [0.15, 0.2) is 0 Å². The van der Waals surface area contributed by atoms with Crippen LogP contribution in [-0.2, 0) is 9.59 Å². The molecule has 0 spiro atoms. The third kappa shape index (κ3) is 3.89. The molecule has 0 aromatic heterocycles. The number of aliphatic carboxylic acids is 2. The monoisotopic (exact) mass is 190 g/mol. The number of aliphatic hydroxyl groups excluding tert-OH is 1. The second-order valence-corrected chi connectivity index (χ2v) is 3.17. The fourth-order valence-corrected chi connectivity index (χ4v) is 0.832. The van der Waals surface area contributed by atoms with E-state index < -0.39 is 29.9 Å². The number of hydrogen-bond acceptors (Lipinski definition) is 3. The van der Waals surface area contributed by atoms with Crippen LogP contribution in [0.2, 0.25) is 0 Å². The van der Waals surface area contributed by atoms with Crippen molar-refractivity contribution in [2.75, 3.05) is 0 Å². The second-order valence-electron chi connectivity index (χ2n) is 3.17. The highest BCUT2D eigenvalue weighted by Gasteiger charge is 2.25. The van der Waals surface area contributed by atoms with E-state index in [-0.39, 0.29) is 6.42 Å². The van der Waals surface area contributed by atoms with Gasteiger partial charge in [-0.1, -0.05) is 6.92 Å². The lowest BCUT2D eigenvalue weighted by atomic mass is 9.95. The number of carbonyl (C=O) groups is 2. The lowest BCUT2D eigenvalue weighted by molar-refractivity contribution is -0.148. The molecular formula is C8H14O5. The lowest BCUT2D eigenvalue weighted by Crippen LogP contribution is -2.28. The van der Waals surface area contributed by atoms with Crippen LogP contribution in [0.4, 0.5) is 0 Å². The quantitative estimate of drug-likeness (QED) is 0.574. The van der Waals surface area contributed by atoms with E-state index in [0.29, 0.717) is 0 Å². The van der Waals surface area contributed by atoms with Gasteiger partial charge in [-0.25, -0.2) is 0 Å². The van der Waals surface area contributed by atoms with Crippen molar-refractivity contribution in [3.63, 3.8) is 0 Å². The van der Waals surface area contributed by atoms with E-state index >= 15 is 0 Å². The first-order chi connectivity index (χ1) is 5.86. The van der Waals surface area contributed by atoms with E-state index in [0.717, 1.165) is 0 Å². The minimum Gasteiger partial charge on any atom is -0.481 e. The van der Waals surface area contributed by atoms with Crippen molar-refractivity contribution >= 4 is 11.9 Å². The van der Waals surface area contributed by atoms with Gasteiger partial charge >= 0.3 is 11.9 Å². The smallest absolute Gasteiger partial charge is 0.308 e. The predicted molar refractivity (Wildman–Crippen MR) is 44.2 cm³/mol. The van der Waals surface area contributed by atoms with E-state index in [1.807, 2.05) is 0 Å². The van der Waals surface area contributed by atoms with Gasteiger partial charge in [0.2, 0.25) is 0 Å². The van der Waals surface area contributed by atoms with E-state index in [1.165, 1.54) is 13.8 Å². The molecule has 13 heavy (non-hydrogen) atoms. The van der Waals surface area contributed by atoms with Gasteiger partial charge in [-0.3, -0.25) is 9.59 Å². The summed E-state index contributed by atoms with van der Waals surface area (Å²) in [7, 11) is 0. The van der Waals surface area contributed by atoms with Crippen LogP contribution in [0.1, 0.15) is 20.3 Å². The fraction of sp³-hybridized carbons (Fsp3) is 0.750. The molecule has 3 N–H and O–H groups in total. The summed E-state index contributed by atoms with van der Waals surface area (Å²) in [5.41, 5.74) is 0. The summed E-state index contributed by atoms with van der Waals surface area (Å²) < 4.78 is 0. The molecule has 0 saturated heterocycles. The maximum absolute atomic E-state index is 10.4. The molecule has 0 rings (SSSR count). The molecule has 0 heterocycles. The lowest BCUT2D eigenvalue weighted by Gasteiger charge is -2.16. The van der Waals surface area contributed by atoms with Crippen molar-refractivity contribution in [1.82, 2.24) is 0 Å². The predicted octanol–water partition coefficient (Wildman–Crippen LogP) is 0.179. The topological polar surface area (TPSA) is 94.8 Å². The fourth-order valence-electron chi connectivity index (χ4n) is 0.832. The zero-order chi connectivity index (χ0) is 10.6. The molecule has 0 fully saturated rings. The molecule has 0 saturated carbocycles. The highest BCUT2D eigenvalue weighted by molar-refractivity contribution is 5.71. The van der Waals surface area contributed by atoms with Gasteiger partial charge < -0.3 is 15.3 Å². The molecule has 0 aromatic rings. The Labute approximate surface area is 76.0 Å². The Bertz CT molecular complexity index is 201. The Balaban J connectivity index is 4.06. The molecule has 0 radical (unpaired) electrons. The minimum atomic E-state index is -1.12. The molecule has 3 unspecified atom stereocenters. The van der Waals surface area contributed by atoms with Gasteiger partial charge in [0.25, 0.3) is 0 Å². The molecule has 76 valence electrons. The van der Waals surface area contributed by atoms with Crippen LogP contribution < -0.4 is 0 Å². The number of hydrogen-bond donors (Lipinski definition) is 3. The van der Waals surface area contributed by atoms with Crippen LogP contribution in [0.3, 0.4) is 0 Å². The van der Waals surface area contributed by atoms with Crippen molar-refractivity contribution in [1.29, 1.82) is 0 Å². The number of aliphatic hydroxyl groups is 1. The minimum absolute atomic E-state index is 0.0389. The number of carboxylic acid groups (broad SMARTS) is 2. The zero-order valence-corrected chi connectivity index (χ0v) is 7.60. The van der Waals surface area contributed by atoms with Crippen LogP contribution in [0.25, 0.3) is 0 Å². The third-order valence-electron chi connectivity index (χ3n) is 1.98. The van der Waals surface area contributed by atoms with Crippen molar-refractivity contribution in [2.45, 2.75) is 26.4 Å². The van der Waals surface area contributed by atoms with Gasteiger partial charge in [0.05, 0.1) is 17.9 Å². The normalized spacial score (nSPS) is 17.5. The average molecular weight is 190 g/mol. The Morgan fingerprint density at radius 1 is 1.15 bits per heavy atom. The molecule has 5 heteroatoms. The average Bonchev–Trinajstić information content (AvgIpc) is 2.02. The molecule has 0 aliphatic carbocycles. The van der Waals surface area contributed by atoms with Gasteiger partial charge in [-0.2, -0.15) is 0 Å².